The van der Waals surface area contributed by atoms with Crippen LogP contribution in [0.25, 0.3) is 0 Å². The Morgan fingerprint density at radius 1 is 1.32 bits per heavy atom. The first kappa shape index (κ1) is 13.1. The number of benzene rings is 1. The smallest absolute Gasteiger partial charge is 0.263 e. The van der Waals surface area contributed by atoms with Crippen molar-refractivity contribution in [2.75, 3.05) is 11.9 Å². The summed E-state index contributed by atoms with van der Waals surface area (Å²) in [6.07, 6.45) is 0. The molecule has 0 atom stereocenters. The average molecular weight is 260 g/mol. The summed E-state index contributed by atoms with van der Waals surface area (Å²) >= 11 is 0. The molecule has 2 aromatic rings. The van der Waals surface area contributed by atoms with E-state index in [9.17, 15) is 4.79 Å². The molecule has 0 aliphatic carbocycles. The first-order chi connectivity index (χ1) is 9.04. The Balaban J connectivity index is 1.89. The van der Waals surface area contributed by atoms with Crippen LogP contribution in [0.15, 0.2) is 28.8 Å². The van der Waals surface area contributed by atoms with Gasteiger partial charge in [0.05, 0.1) is 0 Å². The SMILES string of the molecule is Cc1ccc(OCC(=O)Nc2cc(C)on2)c(C)c1. The summed E-state index contributed by atoms with van der Waals surface area (Å²) < 4.78 is 10.3. The van der Waals surface area contributed by atoms with Gasteiger partial charge in [0.15, 0.2) is 12.4 Å². The van der Waals surface area contributed by atoms with Gasteiger partial charge in [-0.15, -0.1) is 0 Å². The van der Waals surface area contributed by atoms with E-state index in [0.717, 1.165) is 11.1 Å². The highest BCUT2D eigenvalue weighted by Crippen LogP contribution is 2.18. The van der Waals surface area contributed by atoms with Crippen molar-refractivity contribution in [2.45, 2.75) is 20.8 Å². The largest absolute Gasteiger partial charge is 0.483 e. The van der Waals surface area contributed by atoms with Gasteiger partial charge in [0.2, 0.25) is 0 Å². The summed E-state index contributed by atoms with van der Waals surface area (Å²) in [6.45, 7) is 5.66. The molecule has 100 valence electrons. The van der Waals surface area contributed by atoms with Crippen molar-refractivity contribution in [3.05, 3.63) is 41.2 Å². The Morgan fingerprint density at radius 2 is 2.11 bits per heavy atom. The van der Waals surface area contributed by atoms with Gasteiger partial charge in [-0.05, 0) is 32.4 Å². The summed E-state index contributed by atoms with van der Waals surface area (Å²) in [5.41, 5.74) is 2.16. The van der Waals surface area contributed by atoms with Crippen LogP contribution in [-0.2, 0) is 4.79 Å². The van der Waals surface area contributed by atoms with Gasteiger partial charge < -0.3 is 14.6 Å². The number of anilines is 1. The number of aryl methyl sites for hydroxylation is 3. The number of aromatic nitrogens is 1. The van der Waals surface area contributed by atoms with E-state index in [2.05, 4.69) is 10.5 Å². The maximum atomic E-state index is 11.7. The van der Waals surface area contributed by atoms with E-state index < -0.39 is 0 Å². The van der Waals surface area contributed by atoms with Crippen molar-refractivity contribution < 1.29 is 14.1 Å². The zero-order valence-corrected chi connectivity index (χ0v) is 11.2. The molecule has 1 heterocycles. The third-order valence-electron chi connectivity index (χ3n) is 2.58. The Kier molecular flexibility index (Phi) is 3.85. The lowest BCUT2D eigenvalue weighted by atomic mass is 10.1. The minimum absolute atomic E-state index is 0.0597. The van der Waals surface area contributed by atoms with Crippen LogP contribution in [0.1, 0.15) is 16.9 Å². The second kappa shape index (κ2) is 5.56. The van der Waals surface area contributed by atoms with Crippen molar-refractivity contribution in [1.29, 1.82) is 0 Å². The Labute approximate surface area is 111 Å². The third kappa shape index (κ3) is 3.58. The van der Waals surface area contributed by atoms with E-state index in [-0.39, 0.29) is 12.5 Å². The monoisotopic (exact) mass is 260 g/mol. The Bertz CT molecular complexity index is 590. The summed E-state index contributed by atoms with van der Waals surface area (Å²) in [5, 5.41) is 6.27. The Morgan fingerprint density at radius 3 is 2.74 bits per heavy atom. The highest BCUT2D eigenvalue weighted by molar-refractivity contribution is 5.90. The molecule has 0 saturated carbocycles. The van der Waals surface area contributed by atoms with E-state index in [1.807, 2.05) is 32.0 Å². The molecule has 0 bridgehead atoms. The summed E-state index contributed by atoms with van der Waals surface area (Å²) in [7, 11) is 0. The van der Waals surface area contributed by atoms with Gasteiger partial charge in [-0.2, -0.15) is 0 Å². The predicted octanol–water partition coefficient (Wildman–Crippen LogP) is 2.62. The van der Waals surface area contributed by atoms with Gasteiger partial charge in [-0.25, -0.2) is 0 Å². The maximum Gasteiger partial charge on any atom is 0.263 e. The van der Waals surface area contributed by atoms with E-state index in [0.29, 0.717) is 17.3 Å². The van der Waals surface area contributed by atoms with E-state index >= 15 is 0 Å². The van der Waals surface area contributed by atoms with Gasteiger partial charge in [-0.1, -0.05) is 22.9 Å². The predicted molar refractivity (Wildman–Crippen MR) is 71.3 cm³/mol. The zero-order valence-electron chi connectivity index (χ0n) is 11.2. The fourth-order valence-corrected chi connectivity index (χ4v) is 1.71. The van der Waals surface area contributed by atoms with Crippen LogP contribution in [0.2, 0.25) is 0 Å². The van der Waals surface area contributed by atoms with Gasteiger partial charge in [0.25, 0.3) is 5.91 Å². The van der Waals surface area contributed by atoms with Crippen molar-refractivity contribution in [3.63, 3.8) is 0 Å². The molecule has 5 nitrogen and oxygen atoms in total. The molecular formula is C14H16N2O3. The summed E-state index contributed by atoms with van der Waals surface area (Å²) in [6, 6.07) is 7.46. The van der Waals surface area contributed by atoms with Crippen LogP contribution in [-0.4, -0.2) is 17.7 Å². The molecule has 0 aliphatic heterocycles. The average Bonchev–Trinajstić information content (AvgIpc) is 2.73. The molecule has 0 fully saturated rings. The van der Waals surface area contributed by atoms with Crippen LogP contribution in [0.3, 0.4) is 0 Å². The molecule has 0 spiro atoms. The summed E-state index contributed by atoms with van der Waals surface area (Å²) in [4.78, 5) is 11.7. The van der Waals surface area contributed by atoms with E-state index in [4.69, 9.17) is 9.26 Å². The number of amides is 1. The molecule has 0 aliphatic rings. The lowest BCUT2D eigenvalue weighted by molar-refractivity contribution is -0.118. The number of hydrogen-bond donors (Lipinski definition) is 1. The van der Waals surface area contributed by atoms with Crippen molar-refractivity contribution >= 4 is 11.7 Å². The van der Waals surface area contributed by atoms with Gasteiger partial charge in [-0.3, -0.25) is 4.79 Å². The number of ether oxygens (including phenoxy) is 1. The van der Waals surface area contributed by atoms with Gasteiger partial charge in [0.1, 0.15) is 11.5 Å². The second-order valence-corrected chi connectivity index (χ2v) is 4.43. The number of nitrogens with zero attached hydrogens (tertiary/aromatic N) is 1. The third-order valence-corrected chi connectivity index (χ3v) is 2.58. The minimum Gasteiger partial charge on any atom is -0.483 e. The first-order valence-electron chi connectivity index (χ1n) is 5.98. The number of hydrogen-bond acceptors (Lipinski definition) is 4. The Hall–Kier alpha value is -2.30. The maximum absolute atomic E-state index is 11.7. The van der Waals surface area contributed by atoms with Crippen molar-refractivity contribution in [2.24, 2.45) is 0 Å². The van der Waals surface area contributed by atoms with Crippen LogP contribution in [0.4, 0.5) is 5.82 Å². The number of nitrogens with one attached hydrogen (secondary N) is 1. The van der Waals surface area contributed by atoms with Crippen LogP contribution in [0, 0.1) is 20.8 Å². The zero-order chi connectivity index (χ0) is 13.8. The van der Waals surface area contributed by atoms with Crippen LogP contribution < -0.4 is 10.1 Å². The topological polar surface area (TPSA) is 64.4 Å². The molecule has 0 unspecified atom stereocenters. The molecule has 1 amide bonds. The lowest BCUT2D eigenvalue weighted by Crippen LogP contribution is -2.20. The second-order valence-electron chi connectivity index (χ2n) is 4.43. The molecule has 1 aromatic heterocycles. The summed E-state index contributed by atoms with van der Waals surface area (Å²) in [5.74, 6) is 1.47. The molecule has 1 aromatic carbocycles. The fourth-order valence-electron chi connectivity index (χ4n) is 1.71. The van der Waals surface area contributed by atoms with E-state index in [1.165, 1.54) is 0 Å². The molecule has 19 heavy (non-hydrogen) atoms. The molecule has 0 saturated heterocycles. The molecule has 1 N–H and O–H groups in total. The van der Waals surface area contributed by atoms with E-state index in [1.54, 1.807) is 13.0 Å². The lowest BCUT2D eigenvalue weighted by Gasteiger charge is -2.09. The normalized spacial score (nSPS) is 10.3. The molecular weight excluding hydrogens is 244 g/mol. The number of carbonyl (C=O) groups excluding carboxylic acids is 1. The highest BCUT2D eigenvalue weighted by Gasteiger charge is 2.08. The van der Waals surface area contributed by atoms with Crippen LogP contribution >= 0.6 is 0 Å². The van der Waals surface area contributed by atoms with Gasteiger partial charge in [0, 0.05) is 6.07 Å². The van der Waals surface area contributed by atoms with Gasteiger partial charge >= 0.3 is 0 Å². The number of rotatable bonds is 4. The molecule has 5 heteroatoms. The first-order valence-corrected chi connectivity index (χ1v) is 5.98. The fraction of sp³-hybridized carbons (Fsp3) is 0.286. The minimum atomic E-state index is -0.270. The highest BCUT2D eigenvalue weighted by atomic mass is 16.5. The standard InChI is InChI=1S/C14H16N2O3/c1-9-4-5-12(10(2)6-9)18-8-14(17)15-13-7-11(3)19-16-13/h4-7H,8H2,1-3H3,(H,15,16,17). The van der Waals surface area contributed by atoms with Crippen LogP contribution in [0.5, 0.6) is 5.75 Å². The number of carbonyl (C=O) groups is 1. The van der Waals surface area contributed by atoms with Crippen molar-refractivity contribution in [1.82, 2.24) is 5.16 Å². The molecule has 0 radical (unpaired) electrons. The molecule has 2 rings (SSSR count). The quantitative estimate of drug-likeness (QED) is 0.917. The van der Waals surface area contributed by atoms with Crippen molar-refractivity contribution in [3.8, 4) is 5.75 Å².